The fourth-order valence-corrected chi connectivity index (χ4v) is 18.1. The van der Waals surface area contributed by atoms with Crippen LogP contribution in [0, 0.1) is 16.7 Å². The number of alkyl carbamates (subject to hydrolysis) is 1. The number of rotatable bonds is 18. The molecule has 15 nitrogen and oxygen atoms in total. The Hall–Kier alpha value is -4.24. The molecule has 2 aromatic rings. The Morgan fingerprint density at radius 2 is 1.40 bits per heavy atom. The molecule has 3 aliphatic carbocycles. The minimum absolute atomic E-state index is 0.0834. The van der Waals surface area contributed by atoms with E-state index in [0.29, 0.717) is 29.3 Å². The van der Waals surface area contributed by atoms with Crippen LogP contribution in [0.2, 0.25) is 36.3 Å². The second-order valence-electron chi connectivity index (χ2n) is 22.2. The van der Waals surface area contributed by atoms with E-state index in [9.17, 15) is 24.6 Å². The highest BCUT2D eigenvalue weighted by Gasteiger charge is 2.78. The fraction of sp³-hybridized carbons (Fsp3) is 0.655. The van der Waals surface area contributed by atoms with Gasteiger partial charge in [-0.1, -0.05) is 104 Å². The minimum Gasteiger partial charge on any atom is -0.456 e. The summed E-state index contributed by atoms with van der Waals surface area (Å²) in [7, 11) is -5.32. The van der Waals surface area contributed by atoms with Crippen molar-refractivity contribution < 1.29 is 66.7 Å². The van der Waals surface area contributed by atoms with E-state index in [0.717, 1.165) is 18.1 Å². The van der Waals surface area contributed by atoms with E-state index in [1.165, 1.54) is 6.92 Å². The molecule has 1 amide bonds. The van der Waals surface area contributed by atoms with Crippen LogP contribution >= 0.6 is 0 Å². The lowest BCUT2D eigenvalue weighted by Crippen LogP contribution is -2.82. The van der Waals surface area contributed by atoms with Crippen LogP contribution in [0.3, 0.4) is 0 Å². The molecule has 17 heteroatoms. The summed E-state index contributed by atoms with van der Waals surface area (Å²) in [4.78, 5) is 73.5. The summed E-state index contributed by atoms with van der Waals surface area (Å²) >= 11 is 0. The van der Waals surface area contributed by atoms with Crippen molar-refractivity contribution in [2.45, 2.75) is 206 Å². The molecule has 3 fully saturated rings. The number of carbonyl (C=O) groups excluding carboxylic acids is 5. The predicted molar refractivity (Wildman–Crippen MR) is 276 cm³/mol. The maximum atomic E-state index is 16.1. The molecule has 11 atom stereocenters. The first-order valence-electron chi connectivity index (χ1n) is 26.1. The van der Waals surface area contributed by atoms with Gasteiger partial charge in [0.05, 0.1) is 35.6 Å². The van der Waals surface area contributed by atoms with E-state index >= 15 is 9.59 Å². The third kappa shape index (κ3) is 10.3. The monoisotopic (exact) mass is 1040 g/mol. The summed E-state index contributed by atoms with van der Waals surface area (Å²) in [6.07, 6.45) is -9.29. The molecule has 3 N–H and O–H groups in total. The van der Waals surface area contributed by atoms with Crippen LogP contribution in [0.4, 0.5) is 4.79 Å². The predicted octanol–water partition coefficient (Wildman–Crippen LogP) is 9.32. The lowest BCUT2D eigenvalue weighted by molar-refractivity contribution is -0.344. The standard InChI is InChI=1S/C55H81NO14Si2/c1-15-71(16-2,17-3)69-39-31-40-54(33-64-40,67-35(8)57)45-47(66-48(60)37-29-25-22-26-30-37)55(63)32-38(34(7)41(52(55,12)13)43(58)46(59)53(39,45)14)65-49(61)44(70-72(18-4,19-5)20-6)42(36-27-23-21-24-28-36)56-50(62)68-51(9,10)11/h21-30,38-40,42-45,47,58,63H,15-20,31-33H2,1-14H3,(H,56,62)/t38-,39?,40+,42-,43+,44?,45-,47-,53+,54-,55+/m0/s1. The molecule has 2 aromatic carbocycles. The van der Waals surface area contributed by atoms with Crippen molar-refractivity contribution in [3.63, 3.8) is 0 Å². The van der Waals surface area contributed by atoms with E-state index < -0.39 is 129 Å². The first kappa shape index (κ1) is 57.0. The number of ether oxygens (including phenoxy) is 5. The zero-order valence-corrected chi connectivity index (χ0v) is 47.0. The molecule has 0 spiro atoms. The van der Waals surface area contributed by atoms with Crippen LogP contribution in [0.25, 0.3) is 0 Å². The molecule has 0 aromatic heterocycles. The van der Waals surface area contributed by atoms with Crippen LogP contribution in [-0.2, 0) is 46.9 Å². The van der Waals surface area contributed by atoms with Gasteiger partial charge >= 0.3 is 24.0 Å². The molecule has 72 heavy (non-hydrogen) atoms. The number of Topliss-reactive ketones (excluding diaryl/α,β-unsaturated/α-hetero) is 1. The Labute approximate surface area is 428 Å². The number of ketones is 1. The normalized spacial score (nSPS) is 30.0. The number of fused-ring (bicyclic) bond motifs is 5. The molecular weight excluding hydrogens is 955 g/mol. The van der Waals surface area contributed by atoms with Gasteiger partial charge in [-0.2, -0.15) is 0 Å². The van der Waals surface area contributed by atoms with Gasteiger partial charge in [0.1, 0.15) is 35.6 Å². The van der Waals surface area contributed by atoms with Crippen molar-refractivity contribution in [3.8, 4) is 0 Å². The summed E-state index contributed by atoms with van der Waals surface area (Å²) in [6.45, 7) is 25.2. The highest BCUT2D eigenvalue weighted by Crippen LogP contribution is 2.65. The van der Waals surface area contributed by atoms with Gasteiger partial charge in [-0.25, -0.2) is 14.4 Å². The largest absolute Gasteiger partial charge is 0.456 e. The van der Waals surface area contributed by atoms with Crippen LogP contribution < -0.4 is 5.32 Å². The Balaban J connectivity index is 1.60. The van der Waals surface area contributed by atoms with E-state index in [2.05, 4.69) is 26.1 Å². The van der Waals surface area contributed by atoms with Crippen molar-refractivity contribution in [1.82, 2.24) is 5.32 Å². The number of aliphatic hydroxyl groups excluding tert-OH is 1. The number of esters is 3. The molecule has 2 bridgehead atoms. The Kier molecular flexibility index (Phi) is 17.1. The third-order valence-electron chi connectivity index (χ3n) is 17.1. The molecule has 2 unspecified atom stereocenters. The molecule has 1 aliphatic heterocycles. The van der Waals surface area contributed by atoms with Crippen molar-refractivity contribution in [3.05, 3.63) is 82.9 Å². The number of hydrogen-bond acceptors (Lipinski definition) is 14. The smallest absolute Gasteiger partial charge is 0.408 e. The minimum atomic E-state index is -2.73. The third-order valence-corrected chi connectivity index (χ3v) is 26.4. The summed E-state index contributed by atoms with van der Waals surface area (Å²) < 4.78 is 46.1. The topological polar surface area (TPSA) is 202 Å². The SMILES string of the molecule is CC[Si](CC)(CC)OC(C(=O)O[C@H]1C[C@@]2(O)[C@@H](OC(=O)c3ccccc3)[C@@H]3[C@]4(OC(C)=O)CO[C@@H]4CC(O[Si](CC)(CC)CC)[C@@]3(C)C(=O)[C@H](O)C(=C1C)C2(C)C)[C@@H](NC(=O)OC(C)(C)C)c1ccccc1. The van der Waals surface area contributed by atoms with Crippen LogP contribution in [0.1, 0.15) is 132 Å². The molecule has 1 heterocycles. The molecule has 0 radical (unpaired) electrons. The average molecular weight is 1040 g/mol. The van der Waals surface area contributed by atoms with E-state index in [1.807, 2.05) is 26.8 Å². The van der Waals surface area contributed by atoms with Gasteiger partial charge in [-0.15, -0.1) is 0 Å². The molecular formula is C55H81NO14Si2. The number of carbonyl (C=O) groups is 5. The Morgan fingerprint density at radius 1 is 0.847 bits per heavy atom. The van der Waals surface area contributed by atoms with Gasteiger partial charge in [0.15, 0.2) is 34.1 Å². The molecule has 4 aliphatic rings. The number of aliphatic hydroxyl groups is 2. The Bertz CT molecular complexity index is 2310. The van der Waals surface area contributed by atoms with Gasteiger partial charge in [0.25, 0.3) is 0 Å². The van der Waals surface area contributed by atoms with Crippen LogP contribution in [0.15, 0.2) is 71.8 Å². The van der Waals surface area contributed by atoms with Crippen molar-refractivity contribution in [2.24, 2.45) is 16.7 Å². The van der Waals surface area contributed by atoms with Crippen molar-refractivity contribution in [1.29, 1.82) is 0 Å². The molecule has 398 valence electrons. The molecule has 1 saturated heterocycles. The number of nitrogens with one attached hydrogen (secondary N) is 1. The molecule has 2 saturated carbocycles. The summed E-state index contributed by atoms with van der Waals surface area (Å²) in [5, 5.41) is 30.1. The second-order valence-corrected chi connectivity index (χ2v) is 31.7. The number of hydrogen-bond donors (Lipinski definition) is 3. The Morgan fingerprint density at radius 3 is 1.90 bits per heavy atom. The van der Waals surface area contributed by atoms with Crippen molar-refractivity contribution in [2.75, 3.05) is 6.61 Å². The van der Waals surface area contributed by atoms with Gasteiger partial charge in [-0.05, 0) is 99.7 Å². The first-order chi connectivity index (χ1) is 33.7. The summed E-state index contributed by atoms with van der Waals surface area (Å²) in [6, 6.07) is 20.1. The lowest BCUT2D eigenvalue weighted by Gasteiger charge is -2.68. The zero-order chi connectivity index (χ0) is 53.4. The van der Waals surface area contributed by atoms with Gasteiger partial charge < -0.3 is 48.1 Å². The highest BCUT2D eigenvalue weighted by atomic mass is 28.4. The summed E-state index contributed by atoms with van der Waals surface area (Å²) in [5.74, 6) is -4.45. The van der Waals surface area contributed by atoms with Gasteiger partial charge in [0.2, 0.25) is 0 Å². The zero-order valence-electron chi connectivity index (χ0n) is 45.0. The molecule has 6 rings (SSSR count). The average Bonchev–Trinajstić information content (AvgIpc) is 3.33. The van der Waals surface area contributed by atoms with Gasteiger partial charge in [-0.3, -0.25) is 9.59 Å². The van der Waals surface area contributed by atoms with E-state index in [4.69, 9.17) is 32.5 Å². The maximum absolute atomic E-state index is 16.1. The van der Waals surface area contributed by atoms with Crippen LogP contribution in [0.5, 0.6) is 0 Å². The second kappa shape index (κ2) is 21.5. The fourth-order valence-electron chi connectivity index (χ4n) is 12.4. The number of amides is 1. The van der Waals surface area contributed by atoms with Crippen molar-refractivity contribution >= 4 is 46.4 Å². The van der Waals surface area contributed by atoms with Gasteiger partial charge in [0, 0.05) is 25.2 Å². The van der Waals surface area contributed by atoms with E-state index in [1.54, 1.807) is 103 Å². The number of benzene rings is 2. The highest BCUT2D eigenvalue weighted by molar-refractivity contribution is 6.74. The van der Waals surface area contributed by atoms with Crippen LogP contribution in [-0.4, -0.2) is 117 Å². The maximum Gasteiger partial charge on any atom is 0.408 e. The first-order valence-corrected chi connectivity index (χ1v) is 31.1. The quantitative estimate of drug-likeness (QED) is 0.0552. The van der Waals surface area contributed by atoms with E-state index in [-0.39, 0.29) is 24.2 Å². The summed E-state index contributed by atoms with van der Waals surface area (Å²) in [5.41, 5.74) is -7.11. The lowest BCUT2D eigenvalue weighted by atomic mass is 9.44.